The quantitative estimate of drug-likeness (QED) is 0.911. The van der Waals surface area contributed by atoms with E-state index in [-0.39, 0.29) is 18.1 Å². The first-order valence-corrected chi connectivity index (χ1v) is 9.42. The van der Waals surface area contributed by atoms with Gasteiger partial charge in [0.1, 0.15) is 0 Å². The molecule has 5 heteroatoms. The first-order valence-electron chi connectivity index (χ1n) is 9.42. The Kier molecular flexibility index (Phi) is 5.77. The summed E-state index contributed by atoms with van der Waals surface area (Å²) in [5.41, 5.74) is 2.04. The Morgan fingerprint density at radius 3 is 2.12 bits per heavy atom. The molecule has 25 heavy (non-hydrogen) atoms. The second kappa shape index (κ2) is 7.85. The number of amides is 1. The van der Waals surface area contributed by atoms with Crippen LogP contribution in [0, 0.1) is 0 Å². The summed E-state index contributed by atoms with van der Waals surface area (Å²) in [6.45, 7) is 12.9. The lowest BCUT2D eigenvalue weighted by molar-refractivity contribution is -0.0704. The summed E-state index contributed by atoms with van der Waals surface area (Å²) < 4.78 is 5.79. The van der Waals surface area contributed by atoms with Gasteiger partial charge in [0.05, 0.1) is 12.2 Å². The molecule has 138 valence electrons. The van der Waals surface area contributed by atoms with E-state index in [0.717, 1.165) is 38.3 Å². The number of rotatable bonds is 3. The lowest BCUT2D eigenvalue weighted by atomic mass is 10.1. The third-order valence-corrected chi connectivity index (χ3v) is 4.95. The third-order valence-electron chi connectivity index (χ3n) is 4.95. The van der Waals surface area contributed by atoms with Crippen LogP contribution in [0.4, 0.5) is 0 Å². The molecule has 1 aromatic carbocycles. The van der Waals surface area contributed by atoms with E-state index in [4.69, 9.17) is 4.74 Å². The van der Waals surface area contributed by atoms with Gasteiger partial charge in [-0.05, 0) is 45.4 Å². The monoisotopic (exact) mass is 345 g/mol. The van der Waals surface area contributed by atoms with Gasteiger partial charge in [-0.25, -0.2) is 0 Å². The van der Waals surface area contributed by atoms with E-state index in [9.17, 15) is 4.79 Å². The van der Waals surface area contributed by atoms with Crippen LogP contribution >= 0.6 is 0 Å². The number of ether oxygens (including phenoxy) is 1. The second-order valence-corrected chi connectivity index (χ2v) is 7.83. The molecule has 0 bridgehead atoms. The van der Waals surface area contributed by atoms with Crippen molar-refractivity contribution in [2.24, 2.45) is 0 Å². The van der Waals surface area contributed by atoms with Crippen molar-refractivity contribution in [1.82, 2.24) is 15.1 Å². The maximum Gasteiger partial charge on any atom is 0.253 e. The number of hydrogen-bond donors (Lipinski definition) is 1. The highest BCUT2D eigenvalue weighted by Gasteiger charge is 2.26. The molecule has 1 aromatic rings. The van der Waals surface area contributed by atoms with Crippen molar-refractivity contribution in [3.8, 4) is 0 Å². The zero-order valence-corrected chi connectivity index (χ0v) is 15.9. The first kappa shape index (κ1) is 18.4. The molecule has 0 saturated carbocycles. The molecule has 1 N–H and O–H groups in total. The standard InChI is InChI=1S/C20H31N3O2/c1-14-9-23(10-15(2)21-14)20(24)19-7-5-18(6-8-19)13-22-11-16(3)25-17(4)12-22/h5-8,14-17,21H,9-13H2,1-4H3/t14-,15-,16+,17+/m1/s1. The Morgan fingerprint density at radius 1 is 1.00 bits per heavy atom. The van der Waals surface area contributed by atoms with Crippen molar-refractivity contribution in [2.45, 2.75) is 58.5 Å². The van der Waals surface area contributed by atoms with E-state index in [1.54, 1.807) is 0 Å². The molecule has 2 saturated heterocycles. The minimum Gasteiger partial charge on any atom is -0.373 e. The Morgan fingerprint density at radius 2 is 1.56 bits per heavy atom. The summed E-state index contributed by atoms with van der Waals surface area (Å²) >= 11 is 0. The minimum atomic E-state index is 0.139. The molecule has 0 unspecified atom stereocenters. The maximum absolute atomic E-state index is 12.7. The molecular weight excluding hydrogens is 314 g/mol. The molecule has 4 atom stereocenters. The average molecular weight is 345 g/mol. The summed E-state index contributed by atoms with van der Waals surface area (Å²) in [5.74, 6) is 0.139. The Hall–Kier alpha value is -1.43. The van der Waals surface area contributed by atoms with Crippen molar-refractivity contribution in [1.29, 1.82) is 0 Å². The largest absolute Gasteiger partial charge is 0.373 e. The van der Waals surface area contributed by atoms with Gasteiger partial charge in [-0.3, -0.25) is 9.69 Å². The SMILES string of the molecule is C[C@@H]1CN(C(=O)c2ccc(CN3C[C@H](C)O[C@@H](C)C3)cc2)C[C@@H](C)N1. The normalized spacial score (nSPS) is 31.1. The van der Waals surface area contributed by atoms with E-state index in [2.05, 4.69) is 50.0 Å². The van der Waals surface area contributed by atoms with Gasteiger partial charge in [0.25, 0.3) is 5.91 Å². The van der Waals surface area contributed by atoms with Crippen LogP contribution in [-0.2, 0) is 11.3 Å². The van der Waals surface area contributed by atoms with Crippen molar-refractivity contribution in [3.63, 3.8) is 0 Å². The number of hydrogen-bond acceptors (Lipinski definition) is 4. The predicted molar refractivity (Wildman–Crippen MR) is 99.7 cm³/mol. The smallest absolute Gasteiger partial charge is 0.253 e. The van der Waals surface area contributed by atoms with Gasteiger partial charge < -0.3 is 15.0 Å². The van der Waals surface area contributed by atoms with Crippen LogP contribution < -0.4 is 5.32 Å². The van der Waals surface area contributed by atoms with Gasteiger partial charge in [-0.15, -0.1) is 0 Å². The number of morpholine rings is 1. The number of carbonyl (C=O) groups is 1. The van der Waals surface area contributed by atoms with E-state index >= 15 is 0 Å². The van der Waals surface area contributed by atoms with Crippen molar-refractivity contribution in [2.75, 3.05) is 26.2 Å². The fourth-order valence-electron chi connectivity index (χ4n) is 4.10. The van der Waals surface area contributed by atoms with Gasteiger partial charge in [0.2, 0.25) is 0 Å². The zero-order chi connectivity index (χ0) is 18.0. The van der Waals surface area contributed by atoms with Crippen molar-refractivity contribution >= 4 is 5.91 Å². The summed E-state index contributed by atoms with van der Waals surface area (Å²) in [6.07, 6.45) is 0.558. The van der Waals surface area contributed by atoms with Gasteiger partial charge in [-0.1, -0.05) is 12.1 Å². The van der Waals surface area contributed by atoms with Crippen LogP contribution in [0.1, 0.15) is 43.6 Å². The summed E-state index contributed by atoms with van der Waals surface area (Å²) in [6, 6.07) is 8.82. The molecule has 2 aliphatic rings. The highest BCUT2D eigenvalue weighted by Crippen LogP contribution is 2.16. The maximum atomic E-state index is 12.7. The molecule has 2 aliphatic heterocycles. The highest BCUT2D eigenvalue weighted by atomic mass is 16.5. The molecule has 2 heterocycles. The number of carbonyl (C=O) groups excluding carboxylic acids is 1. The van der Waals surface area contributed by atoms with Crippen LogP contribution in [0.5, 0.6) is 0 Å². The molecule has 3 rings (SSSR count). The van der Waals surface area contributed by atoms with E-state index in [1.165, 1.54) is 5.56 Å². The summed E-state index contributed by atoms with van der Waals surface area (Å²) in [7, 11) is 0. The molecule has 1 amide bonds. The van der Waals surface area contributed by atoms with Crippen LogP contribution in [0.2, 0.25) is 0 Å². The van der Waals surface area contributed by atoms with Crippen LogP contribution in [-0.4, -0.2) is 66.2 Å². The fraction of sp³-hybridized carbons (Fsp3) is 0.650. The Labute approximate surface area is 151 Å². The van der Waals surface area contributed by atoms with Crippen LogP contribution in [0.25, 0.3) is 0 Å². The van der Waals surface area contributed by atoms with E-state index in [0.29, 0.717) is 12.1 Å². The molecule has 2 fully saturated rings. The second-order valence-electron chi connectivity index (χ2n) is 7.83. The fourth-order valence-corrected chi connectivity index (χ4v) is 4.10. The van der Waals surface area contributed by atoms with Crippen LogP contribution in [0.3, 0.4) is 0 Å². The minimum absolute atomic E-state index is 0.139. The lowest BCUT2D eigenvalue weighted by Gasteiger charge is -2.36. The summed E-state index contributed by atoms with van der Waals surface area (Å²) in [5, 5.41) is 3.47. The number of nitrogens with one attached hydrogen (secondary N) is 1. The lowest BCUT2D eigenvalue weighted by Crippen LogP contribution is -2.55. The van der Waals surface area contributed by atoms with Gasteiger partial charge in [0.15, 0.2) is 0 Å². The third kappa shape index (κ3) is 4.81. The number of piperazine rings is 1. The van der Waals surface area contributed by atoms with Gasteiger partial charge >= 0.3 is 0 Å². The topological polar surface area (TPSA) is 44.8 Å². The van der Waals surface area contributed by atoms with E-state index < -0.39 is 0 Å². The predicted octanol–water partition coefficient (Wildman–Crippen LogP) is 2.12. The Balaban J connectivity index is 1.61. The Bertz CT molecular complexity index is 569. The van der Waals surface area contributed by atoms with Crippen LogP contribution in [0.15, 0.2) is 24.3 Å². The van der Waals surface area contributed by atoms with Crippen molar-refractivity contribution in [3.05, 3.63) is 35.4 Å². The number of benzene rings is 1. The molecule has 0 aliphatic carbocycles. The van der Waals surface area contributed by atoms with Gasteiger partial charge in [-0.2, -0.15) is 0 Å². The average Bonchev–Trinajstić information content (AvgIpc) is 2.53. The van der Waals surface area contributed by atoms with Gasteiger partial charge in [0, 0.05) is 50.4 Å². The van der Waals surface area contributed by atoms with Crippen molar-refractivity contribution < 1.29 is 9.53 Å². The van der Waals surface area contributed by atoms with E-state index in [1.807, 2.05) is 17.0 Å². The zero-order valence-electron chi connectivity index (χ0n) is 15.9. The first-order chi connectivity index (χ1) is 11.9. The molecule has 0 aromatic heterocycles. The number of nitrogens with zero attached hydrogens (tertiary/aromatic N) is 2. The molecular formula is C20H31N3O2. The molecule has 0 radical (unpaired) electrons. The highest BCUT2D eigenvalue weighted by molar-refractivity contribution is 5.94. The molecule has 0 spiro atoms. The summed E-state index contributed by atoms with van der Waals surface area (Å²) in [4.78, 5) is 17.1. The molecule has 5 nitrogen and oxygen atoms in total.